The maximum absolute atomic E-state index is 12.2. The van der Waals surface area contributed by atoms with E-state index in [0.717, 1.165) is 11.0 Å². The summed E-state index contributed by atoms with van der Waals surface area (Å²) in [6.45, 7) is 6.65. The highest BCUT2D eigenvalue weighted by Crippen LogP contribution is 2.08. The molecule has 0 saturated carbocycles. The highest BCUT2D eigenvalue weighted by molar-refractivity contribution is 9.09. The maximum Gasteiger partial charge on any atom is 0.255 e. The summed E-state index contributed by atoms with van der Waals surface area (Å²) in [4.78, 5) is 18.1. The minimum Gasteiger partial charge on any atom is -0.335 e. The Morgan fingerprint density at radius 1 is 1.50 bits per heavy atom. The van der Waals surface area contributed by atoms with E-state index in [9.17, 15) is 4.79 Å². The molecule has 16 heavy (non-hydrogen) atoms. The van der Waals surface area contributed by atoms with Crippen molar-refractivity contribution < 1.29 is 4.79 Å². The van der Waals surface area contributed by atoms with Crippen LogP contribution in [0.1, 0.15) is 29.9 Å². The molecule has 0 radical (unpaired) electrons. The van der Waals surface area contributed by atoms with E-state index in [0.29, 0.717) is 12.1 Å². The monoisotopic (exact) mass is 284 g/mol. The van der Waals surface area contributed by atoms with Gasteiger partial charge in [0.2, 0.25) is 0 Å². The van der Waals surface area contributed by atoms with E-state index in [2.05, 4.69) is 20.9 Å². The van der Waals surface area contributed by atoms with E-state index in [1.54, 1.807) is 6.20 Å². The van der Waals surface area contributed by atoms with Gasteiger partial charge >= 0.3 is 0 Å². The van der Waals surface area contributed by atoms with Gasteiger partial charge in [-0.2, -0.15) is 0 Å². The molecule has 1 amide bonds. The van der Waals surface area contributed by atoms with Crippen LogP contribution in [0.25, 0.3) is 0 Å². The van der Waals surface area contributed by atoms with Gasteiger partial charge in [-0.25, -0.2) is 0 Å². The quantitative estimate of drug-likeness (QED) is 0.797. The minimum atomic E-state index is 0.0435. The van der Waals surface area contributed by atoms with Crippen LogP contribution in [0.2, 0.25) is 0 Å². The van der Waals surface area contributed by atoms with Crippen molar-refractivity contribution in [1.29, 1.82) is 0 Å². The first kappa shape index (κ1) is 13.2. The standard InChI is InChI=1S/C12H17BrN2O/c1-9(2)15(7-6-13)12(16)11-5-4-10(3)14-8-11/h4-5,8-9H,6-7H2,1-3H3. The molecule has 0 unspecified atom stereocenters. The van der Waals surface area contributed by atoms with Crippen molar-refractivity contribution in [1.82, 2.24) is 9.88 Å². The Morgan fingerprint density at radius 2 is 2.19 bits per heavy atom. The van der Waals surface area contributed by atoms with Crippen LogP contribution in [-0.4, -0.2) is 33.7 Å². The number of alkyl halides is 1. The molecule has 88 valence electrons. The van der Waals surface area contributed by atoms with Crippen molar-refractivity contribution in [2.45, 2.75) is 26.8 Å². The van der Waals surface area contributed by atoms with Crippen LogP contribution in [0.4, 0.5) is 0 Å². The second kappa shape index (κ2) is 5.99. The molecule has 4 heteroatoms. The number of nitrogens with zero attached hydrogens (tertiary/aromatic N) is 2. The largest absolute Gasteiger partial charge is 0.335 e. The molecule has 0 aliphatic carbocycles. The second-order valence-electron chi connectivity index (χ2n) is 3.97. The van der Waals surface area contributed by atoms with Crippen LogP contribution in [0.5, 0.6) is 0 Å². The molecule has 0 atom stereocenters. The third-order valence-corrected chi connectivity index (χ3v) is 2.72. The molecule has 1 aromatic heterocycles. The summed E-state index contributed by atoms with van der Waals surface area (Å²) in [5, 5.41) is 0.788. The zero-order valence-electron chi connectivity index (χ0n) is 9.90. The molecule has 0 aliphatic rings. The average Bonchev–Trinajstić information content (AvgIpc) is 2.25. The van der Waals surface area contributed by atoms with Gasteiger partial charge in [0.05, 0.1) is 5.56 Å². The van der Waals surface area contributed by atoms with Gasteiger partial charge in [-0.1, -0.05) is 15.9 Å². The molecule has 1 aromatic rings. The number of hydrogen-bond acceptors (Lipinski definition) is 2. The van der Waals surface area contributed by atoms with Crippen molar-refractivity contribution in [3.63, 3.8) is 0 Å². The van der Waals surface area contributed by atoms with E-state index >= 15 is 0 Å². The third-order valence-electron chi connectivity index (χ3n) is 2.37. The predicted octanol–water partition coefficient (Wildman–Crippen LogP) is 2.64. The van der Waals surface area contributed by atoms with E-state index < -0.39 is 0 Å². The van der Waals surface area contributed by atoms with Gasteiger partial charge in [-0.3, -0.25) is 9.78 Å². The van der Waals surface area contributed by atoms with Gasteiger partial charge < -0.3 is 4.90 Å². The number of rotatable bonds is 4. The summed E-state index contributed by atoms with van der Waals surface area (Å²) >= 11 is 3.36. The molecular weight excluding hydrogens is 268 g/mol. The molecule has 0 fully saturated rings. The molecule has 0 bridgehead atoms. The highest BCUT2D eigenvalue weighted by atomic mass is 79.9. The summed E-state index contributed by atoms with van der Waals surface area (Å²) in [5.74, 6) is 0.0435. The first-order chi connectivity index (χ1) is 7.56. The van der Waals surface area contributed by atoms with Gasteiger partial charge in [0, 0.05) is 29.8 Å². The normalized spacial score (nSPS) is 10.6. The summed E-state index contributed by atoms with van der Waals surface area (Å²) < 4.78 is 0. The van der Waals surface area contributed by atoms with Crippen LogP contribution in [0.3, 0.4) is 0 Å². The van der Waals surface area contributed by atoms with Gasteiger partial charge in [-0.15, -0.1) is 0 Å². The fourth-order valence-corrected chi connectivity index (χ4v) is 1.83. The Kier molecular flexibility index (Phi) is 4.93. The van der Waals surface area contributed by atoms with Crippen molar-refractivity contribution in [3.8, 4) is 0 Å². The summed E-state index contributed by atoms with van der Waals surface area (Å²) in [5.41, 5.74) is 1.58. The van der Waals surface area contributed by atoms with E-state index in [4.69, 9.17) is 0 Å². The summed E-state index contributed by atoms with van der Waals surface area (Å²) in [6.07, 6.45) is 1.64. The van der Waals surface area contributed by atoms with Crippen molar-refractivity contribution in [3.05, 3.63) is 29.6 Å². The van der Waals surface area contributed by atoms with E-state index in [-0.39, 0.29) is 11.9 Å². The van der Waals surface area contributed by atoms with Gasteiger partial charge in [0.25, 0.3) is 5.91 Å². The molecule has 1 rings (SSSR count). The molecule has 0 N–H and O–H groups in total. The Bertz CT molecular complexity index is 349. The van der Waals surface area contributed by atoms with Crippen LogP contribution in [-0.2, 0) is 0 Å². The molecule has 3 nitrogen and oxygen atoms in total. The number of carbonyl (C=O) groups is 1. The van der Waals surface area contributed by atoms with Gasteiger partial charge in [-0.05, 0) is 32.9 Å². The molecule has 0 aromatic carbocycles. The first-order valence-corrected chi connectivity index (χ1v) is 6.48. The number of hydrogen-bond donors (Lipinski definition) is 0. The zero-order chi connectivity index (χ0) is 12.1. The summed E-state index contributed by atoms with van der Waals surface area (Å²) in [7, 11) is 0. The number of halogens is 1. The van der Waals surface area contributed by atoms with Crippen LogP contribution in [0, 0.1) is 6.92 Å². The fraction of sp³-hybridized carbons (Fsp3) is 0.500. The van der Waals surface area contributed by atoms with Crippen LogP contribution < -0.4 is 0 Å². The number of amides is 1. The third kappa shape index (κ3) is 3.30. The summed E-state index contributed by atoms with van der Waals surface area (Å²) in [6, 6.07) is 3.89. The number of carbonyl (C=O) groups excluding carboxylic acids is 1. The lowest BCUT2D eigenvalue weighted by atomic mass is 10.2. The smallest absolute Gasteiger partial charge is 0.255 e. The Labute approximate surface area is 105 Å². The van der Waals surface area contributed by atoms with Crippen LogP contribution in [0.15, 0.2) is 18.3 Å². The molecular formula is C12H17BrN2O. The first-order valence-electron chi connectivity index (χ1n) is 5.36. The molecule has 0 aliphatic heterocycles. The minimum absolute atomic E-state index is 0.0435. The van der Waals surface area contributed by atoms with Crippen molar-refractivity contribution in [2.24, 2.45) is 0 Å². The maximum atomic E-state index is 12.2. The van der Waals surface area contributed by atoms with Crippen molar-refractivity contribution in [2.75, 3.05) is 11.9 Å². The van der Waals surface area contributed by atoms with Gasteiger partial charge in [0.15, 0.2) is 0 Å². The Hall–Kier alpha value is -0.900. The lowest BCUT2D eigenvalue weighted by Crippen LogP contribution is -2.38. The van der Waals surface area contributed by atoms with Crippen molar-refractivity contribution >= 4 is 21.8 Å². The number of pyridine rings is 1. The number of aromatic nitrogens is 1. The topological polar surface area (TPSA) is 33.2 Å². The lowest BCUT2D eigenvalue weighted by molar-refractivity contribution is 0.0719. The highest BCUT2D eigenvalue weighted by Gasteiger charge is 2.17. The van der Waals surface area contributed by atoms with E-state index in [1.165, 1.54) is 0 Å². The Morgan fingerprint density at radius 3 is 2.62 bits per heavy atom. The van der Waals surface area contributed by atoms with E-state index in [1.807, 2.05) is 37.8 Å². The Balaban J connectivity index is 2.86. The fourth-order valence-electron chi connectivity index (χ4n) is 1.45. The van der Waals surface area contributed by atoms with Gasteiger partial charge in [0.1, 0.15) is 0 Å². The van der Waals surface area contributed by atoms with Crippen LogP contribution >= 0.6 is 15.9 Å². The zero-order valence-corrected chi connectivity index (χ0v) is 11.5. The SMILES string of the molecule is Cc1ccc(C(=O)N(CCBr)C(C)C)cn1. The molecule has 0 saturated heterocycles. The molecule has 0 spiro atoms. The second-order valence-corrected chi connectivity index (χ2v) is 4.76. The average molecular weight is 285 g/mol. The number of aryl methyl sites for hydroxylation is 1. The predicted molar refractivity (Wildman–Crippen MR) is 68.9 cm³/mol. The lowest BCUT2D eigenvalue weighted by Gasteiger charge is -2.25. The molecule has 1 heterocycles.